The van der Waals surface area contributed by atoms with Crippen molar-refractivity contribution < 1.29 is 17.5 Å². The molecule has 5 nitrogen and oxygen atoms in total. The van der Waals surface area contributed by atoms with Gasteiger partial charge in [-0.25, -0.2) is 12.8 Å². The SMILES string of the molecule is Cl.NC/C=C(\F)COc1ccc(S(=O)(=O)N2CCCC2)cc1. The summed E-state index contributed by atoms with van der Waals surface area (Å²) in [6.45, 7) is 1.03. The maximum absolute atomic E-state index is 13.1. The molecule has 0 spiro atoms. The van der Waals surface area contributed by atoms with Gasteiger partial charge in [-0.1, -0.05) is 0 Å². The van der Waals surface area contributed by atoms with Crippen molar-refractivity contribution in [1.29, 1.82) is 0 Å². The summed E-state index contributed by atoms with van der Waals surface area (Å²) in [6, 6.07) is 6.01. The second kappa shape index (κ2) is 8.47. The largest absolute Gasteiger partial charge is 0.487 e. The second-order valence-corrected chi connectivity index (χ2v) is 6.70. The fourth-order valence-corrected chi connectivity index (χ4v) is 3.64. The summed E-state index contributed by atoms with van der Waals surface area (Å²) in [5.74, 6) is -0.0396. The molecule has 2 N–H and O–H groups in total. The number of nitrogens with two attached hydrogens (primary N) is 1. The lowest BCUT2D eigenvalue weighted by atomic mass is 10.3. The van der Waals surface area contributed by atoms with Crippen LogP contribution in [0.4, 0.5) is 4.39 Å². The molecule has 22 heavy (non-hydrogen) atoms. The molecule has 0 aliphatic carbocycles. The summed E-state index contributed by atoms with van der Waals surface area (Å²) >= 11 is 0. The van der Waals surface area contributed by atoms with E-state index >= 15 is 0 Å². The molecule has 1 aliphatic heterocycles. The van der Waals surface area contributed by atoms with Gasteiger partial charge in [0.25, 0.3) is 0 Å². The normalized spacial score (nSPS) is 16.4. The van der Waals surface area contributed by atoms with Gasteiger partial charge in [-0.2, -0.15) is 4.31 Å². The maximum Gasteiger partial charge on any atom is 0.243 e. The van der Waals surface area contributed by atoms with E-state index in [0.29, 0.717) is 18.8 Å². The topological polar surface area (TPSA) is 72.6 Å². The molecule has 2 rings (SSSR count). The lowest BCUT2D eigenvalue weighted by Crippen LogP contribution is -2.27. The van der Waals surface area contributed by atoms with Crippen molar-refractivity contribution in [2.24, 2.45) is 5.73 Å². The Hall–Kier alpha value is -1.15. The van der Waals surface area contributed by atoms with Crippen LogP contribution in [0.25, 0.3) is 0 Å². The molecule has 0 amide bonds. The molecule has 1 heterocycles. The monoisotopic (exact) mass is 350 g/mol. The Morgan fingerprint density at radius 3 is 2.41 bits per heavy atom. The third-order valence-electron chi connectivity index (χ3n) is 3.24. The highest BCUT2D eigenvalue weighted by atomic mass is 35.5. The summed E-state index contributed by atoms with van der Waals surface area (Å²) in [5.41, 5.74) is 5.18. The van der Waals surface area contributed by atoms with Gasteiger partial charge in [0.15, 0.2) is 0 Å². The average Bonchev–Trinajstić information content (AvgIpc) is 3.01. The van der Waals surface area contributed by atoms with Crippen molar-refractivity contribution >= 4 is 22.4 Å². The highest BCUT2D eigenvalue weighted by Crippen LogP contribution is 2.23. The van der Waals surface area contributed by atoms with Crippen molar-refractivity contribution in [3.05, 3.63) is 36.2 Å². The number of rotatable bonds is 6. The quantitative estimate of drug-likeness (QED) is 0.852. The van der Waals surface area contributed by atoms with Crippen LogP contribution in [0.15, 0.2) is 41.1 Å². The Morgan fingerprint density at radius 1 is 1.27 bits per heavy atom. The van der Waals surface area contributed by atoms with Crippen LogP contribution in [0.3, 0.4) is 0 Å². The van der Waals surface area contributed by atoms with E-state index in [1.165, 1.54) is 34.6 Å². The zero-order valence-corrected chi connectivity index (χ0v) is 13.7. The maximum atomic E-state index is 13.1. The Morgan fingerprint density at radius 2 is 1.86 bits per heavy atom. The number of ether oxygens (including phenoxy) is 1. The predicted octanol–water partition coefficient (Wildman–Crippen LogP) is 2.08. The molecule has 1 aliphatic rings. The molecule has 1 aromatic carbocycles. The first kappa shape index (κ1) is 18.9. The van der Waals surface area contributed by atoms with Crippen LogP contribution in [0.1, 0.15) is 12.8 Å². The molecular weight excluding hydrogens is 331 g/mol. The molecule has 8 heteroatoms. The van der Waals surface area contributed by atoms with Gasteiger partial charge < -0.3 is 10.5 Å². The Labute approximate surface area is 136 Å². The zero-order valence-electron chi connectivity index (χ0n) is 12.1. The first-order valence-electron chi connectivity index (χ1n) is 6.81. The highest BCUT2D eigenvalue weighted by molar-refractivity contribution is 7.89. The third-order valence-corrected chi connectivity index (χ3v) is 5.16. The molecule has 124 valence electrons. The molecule has 0 saturated carbocycles. The number of benzene rings is 1. The van der Waals surface area contributed by atoms with Crippen molar-refractivity contribution in [1.82, 2.24) is 4.31 Å². The van der Waals surface area contributed by atoms with Crippen LogP contribution in [-0.4, -0.2) is 39.0 Å². The summed E-state index contributed by atoms with van der Waals surface area (Å²) in [7, 11) is -3.42. The number of nitrogens with zero attached hydrogens (tertiary/aromatic N) is 1. The van der Waals surface area contributed by atoms with Crippen molar-refractivity contribution in [3.8, 4) is 5.75 Å². The van der Waals surface area contributed by atoms with Crippen molar-refractivity contribution in [2.45, 2.75) is 17.7 Å². The number of halogens is 2. The lowest BCUT2D eigenvalue weighted by molar-refractivity contribution is 0.318. The standard InChI is InChI=1S/C14H19FN2O3S.ClH/c15-12(7-8-16)11-20-13-3-5-14(6-4-13)21(18,19)17-9-1-2-10-17;/h3-7H,1-2,8-11,16H2;1H/b12-7-;. The first-order valence-corrected chi connectivity index (χ1v) is 8.25. The fourth-order valence-electron chi connectivity index (χ4n) is 2.12. The second-order valence-electron chi connectivity index (χ2n) is 4.76. The summed E-state index contributed by atoms with van der Waals surface area (Å²) in [5, 5.41) is 0. The molecule has 1 fully saturated rings. The van der Waals surface area contributed by atoms with E-state index in [0.717, 1.165) is 12.8 Å². The van der Waals surface area contributed by atoms with E-state index in [-0.39, 0.29) is 30.5 Å². The average molecular weight is 351 g/mol. The van der Waals surface area contributed by atoms with E-state index in [1.807, 2.05) is 0 Å². The number of hydrogen-bond donors (Lipinski definition) is 1. The predicted molar refractivity (Wildman–Crippen MR) is 85.4 cm³/mol. The zero-order chi connectivity index (χ0) is 15.3. The van der Waals surface area contributed by atoms with Gasteiger partial charge in [-0.3, -0.25) is 0 Å². The molecule has 1 aromatic rings. The highest BCUT2D eigenvalue weighted by Gasteiger charge is 2.26. The summed E-state index contributed by atoms with van der Waals surface area (Å²) in [6.07, 6.45) is 3.02. The summed E-state index contributed by atoms with van der Waals surface area (Å²) in [4.78, 5) is 0.231. The molecular formula is C14H20ClFN2O3S. The minimum atomic E-state index is -3.42. The van der Waals surface area contributed by atoms with Crippen LogP contribution in [0, 0.1) is 0 Å². The molecule has 0 atom stereocenters. The van der Waals surface area contributed by atoms with Crippen molar-refractivity contribution in [2.75, 3.05) is 26.2 Å². The first-order chi connectivity index (χ1) is 10.0. The van der Waals surface area contributed by atoms with Crippen LogP contribution >= 0.6 is 12.4 Å². The lowest BCUT2D eigenvalue weighted by Gasteiger charge is -2.15. The minimum Gasteiger partial charge on any atom is -0.487 e. The Balaban J connectivity index is 0.00000242. The molecule has 0 aromatic heterocycles. The number of hydrogen-bond acceptors (Lipinski definition) is 4. The van der Waals surface area contributed by atoms with Crippen LogP contribution < -0.4 is 10.5 Å². The fraction of sp³-hybridized carbons (Fsp3) is 0.429. The van der Waals surface area contributed by atoms with Crippen LogP contribution in [0.5, 0.6) is 5.75 Å². The van der Waals surface area contributed by atoms with Gasteiger partial charge in [-0.05, 0) is 43.2 Å². The number of sulfonamides is 1. The molecule has 1 saturated heterocycles. The van der Waals surface area contributed by atoms with E-state index in [2.05, 4.69) is 0 Å². The summed E-state index contributed by atoms with van der Waals surface area (Å²) < 4.78 is 44.4. The van der Waals surface area contributed by atoms with E-state index < -0.39 is 15.9 Å². The smallest absolute Gasteiger partial charge is 0.243 e. The Bertz CT molecular complexity index is 599. The van der Waals surface area contributed by atoms with Gasteiger partial charge in [0, 0.05) is 19.6 Å². The van der Waals surface area contributed by atoms with Gasteiger partial charge in [0.1, 0.15) is 18.2 Å². The van der Waals surface area contributed by atoms with E-state index in [4.69, 9.17) is 10.5 Å². The van der Waals surface area contributed by atoms with Gasteiger partial charge in [-0.15, -0.1) is 12.4 Å². The van der Waals surface area contributed by atoms with Crippen LogP contribution in [-0.2, 0) is 10.0 Å². The Kier molecular flexibility index (Phi) is 7.28. The van der Waals surface area contributed by atoms with E-state index in [1.54, 1.807) is 0 Å². The van der Waals surface area contributed by atoms with Gasteiger partial charge in [0.2, 0.25) is 10.0 Å². The van der Waals surface area contributed by atoms with Crippen molar-refractivity contribution in [3.63, 3.8) is 0 Å². The van der Waals surface area contributed by atoms with Crippen LogP contribution in [0.2, 0.25) is 0 Å². The molecule has 0 bridgehead atoms. The van der Waals surface area contributed by atoms with Gasteiger partial charge >= 0.3 is 0 Å². The van der Waals surface area contributed by atoms with Gasteiger partial charge in [0.05, 0.1) is 4.90 Å². The third kappa shape index (κ3) is 4.67. The van der Waals surface area contributed by atoms with E-state index in [9.17, 15) is 12.8 Å². The molecule has 0 unspecified atom stereocenters. The molecule has 0 radical (unpaired) electrons. The minimum absolute atomic E-state index is 0.